The van der Waals surface area contributed by atoms with E-state index in [1.165, 1.54) is 0 Å². The lowest BCUT2D eigenvalue weighted by molar-refractivity contribution is -0.158. The van der Waals surface area contributed by atoms with E-state index in [4.69, 9.17) is 9.84 Å². The fraction of sp³-hybridized carbons (Fsp3) is 0.286. The highest BCUT2D eigenvalue weighted by Gasteiger charge is 2.28. The molecule has 0 spiro atoms. The van der Waals surface area contributed by atoms with Crippen molar-refractivity contribution in [2.75, 3.05) is 6.61 Å². The van der Waals surface area contributed by atoms with Crippen LogP contribution in [0.15, 0.2) is 29.6 Å². The molecule has 0 amide bonds. The zero-order chi connectivity index (χ0) is 13.8. The highest BCUT2D eigenvalue weighted by atomic mass is 32.1. The third-order valence-electron chi connectivity index (χ3n) is 2.85. The maximum Gasteiger partial charge on any atom is 0.320 e. The lowest BCUT2D eigenvalue weighted by Gasteiger charge is -2.10. The minimum atomic E-state index is -1.14. The summed E-state index contributed by atoms with van der Waals surface area (Å²) < 4.78 is 5.90. The lowest BCUT2D eigenvalue weighted by atomic mass is 9.99. The summed E-state index contributed by atoms with van der Waals surface area (Å²) in [6.45, 7) is 1.85. The van der Waals surface area contributed by atoms with Crippen molar-refractivity contribution >= 4 is 33.4 Å². The van der Waals surface area contributed by atoms with E-state index in [1.807, 2.05) is 29.6 Å². The number of thiophene rings is 1. The van der Waals surface area contributed by atoms with Crippen LogP contribution >= 0.6 is 11.3 Å². The standard InChI is InChI=1S/C14H14O4S/c1-2-18-14(17)11(13(15)16)7-9-8-19-12-6-4-3-5-10(9)12/h3-6,8,11H,2,7H2,1H3,(H,15,16). The number of carbonyl (C=O) groups excluding carboxylic acids is 1. The van der Waals surface area contributed by atoms with Crippen molar-refractivity contribution in [3.63, 3.8) is 0 Å². The number of aliphatic carboxylic acids is 1. The topological polar surface area (TPSA) is 63.6 Å². The molecule has 1 heterocycles. The third kappa shape index (κ3) is 2.93. The SMILES string of the molecule is CCOC(=O)C(Cc1csc2ccccc12)C(=O)O. The molecule has 1 aromatic carbocycles. The predicted octanol–water partition coefficient (Wildman–Crippen LogP) is 2.71. The van der Waals surface area contributed by atoms with E-state index in [9.17, 15) is 9.59 Å². The summed E-state index contributed by atoms with van der Waals surface area (Å²) in [6.07, 6.45) is 0.165. The van der Waals surface area contributed by atoms with Gasteiger partial charge in [0.2, 0.25) is 0 Å². The quantitative estimate of drug-likeness (QED) is 0.674. The Hall–Kier alpha value is -1.88. The second-order valence-corrected chi connectivity index (χ2v) is 5.02. The van der Waals surface area contributed by atoms with Gasteiger partial charge in [0.15, 0.2) is 5.92 Å². The average molecular weight is 278 g/mol. The van der Waals surface area contributed by atoms with Crippen LogP contribution in [0.25, 0.3) is 10.1 Å². The number of esters is 1. The van der Waals surface area contributed by atoms with Crippen molar-refractivity contribution in [3.05, 3.63) is 35.2 Å². The van der Waals surface area contributed by atoms with E-state index in [-0.39, 0.29) is 13.0 Å². The Morgan fingerprint density at radius 1 is 1.37 bits per heavy atom. The van der Waals surface area contributed by atoms with Gasteiger partial charge in [-0.1, -0.05) is 18.2 Å². The average Bonchev–Trinajstić information content (AvgIpc) is 2.79. The Morgan fingerprint density at radius 2 is 2.11 bits per heavy atom. The summed E-state index contributed by atoms with van der Waals surface area (Å²) in [5.74, 6) is -2.96. The molecule has 1 unspecified atom stereocenters. The number of fused-ring (bicyclic) bond motifs is 1. The first-order valence-electron chi connectivity index (χ1n) is 5.98. The van der Waals surface area contributed by atoms with Crippen molar-refractivity contribution in [1.82, 2.24) is 0 Å². The van der Waals surface area contributed by atoms with Gasteiger partial charge in [-0.2, -0.15) is 0 Å². The van der Waals surface area contributed by atoms with E-state index in [1.54, 1.807) is 18.3 Å². The first-order chi connectivity index (χ1) is 9.13. The van der Waals surface area contributed by atoms with E-state index in [0.29, 0.717) is 0 Å². The van der Waals surface area contributed by atoms with Gasteiger partial charge in [-0.15, -0.1) is 11.3 Å². The summed E-state index contributed by atoms with van der Waals surface area (Å²) in [6, 6.07) is 7.75. The van der Waals surface area contributed by atoms with Crippen LogP contribution < -0.4 is 0 Å². The molecule has 2 aromatic rings. The largest absolute Gasteiger partial charge is 0.481 e. The maximum absolute atomic E-state index is 11.6. The lowest BCUT2D eigenvalue weighted by Crippen LogP contribution is -2.27. The molecule has 0 bridgehead atoms. The minimum Gasteiger partial charge on any atom is -0.481 e. The van der Waals surface area contributed by atoms with Crippen LogP contribution in [0.3, 0.4) is 0 Å². The molecule has 1 atom stereocenters. The van der Waals surface area contributed by atoms with Gasteiger partial charge in [-0.25, -0.2) is 0 Å². The first kappa shape index (κ1) is 13.5. The second-order valence-electron chi connectivity index (χ2n) is 4.10. The Bertz CT molecular complexity index is 602. The first-order valence-corrected chi connectivity index (χ1v) is 6.86. The fourth-order valence-corrected chi connectivity index (χ4v) is 2.90. The third-order valence-corrected chi connectivity index (χ3v) is 3.87. The number of hydrogen-bond acceptors (Lipinski definition) is 4. The van der Waals surface area contributed by atoms with E-state index in [0.717, 1.165) is 15.6 Å². The monoisotopic (exact) mass is 278 g/mol. The Morgan fingerprint density at radius 3 is 2.79 bits per heavy atom. The molecule has 19 heavy (non-hydrogen) atoms. The molecule has 0 fully saturated rings. The fourth-order valence-electron chi connectivity index (χ4n) is 1.93. The molecule has 0 saturated heterocycles. The summed E-state index contributed by atoms with van der Waals surface area (Å²) in [7, 11) is 0. The number of carbonyl (C=O) groups is 2. The Kier molecular flexibility index (Phi) is 4.16. The smallest absolute Gasteiger partial charge is 0.320 e. The van der Waals surface area contributed by atoms with E-state index >= 15 is 0 Å². The van der Waals surface area contributed by atoms with Crippen LogP contribution in [0.5, 0.6) is 0 Å². The maximum atomic E-state index is 11.6. The molecule has 5 heteroatoms. The molecule has 100 valence electrons. The van der Waals surface area contributed by atoms with Crippen LogP contribution in [-0.4, -0.2) is 23.7 Å². The van der Waals surface area contributed by atoms with Crippen molar-refractivity contribution in [2.45, 2.75) is 13.3 Å². The molecule has 0 aliphatic carbocycles. The summed E-state index contributed by atoms with van der Waals surface area (Å²) in [5.41, 5.74) is 0.876. The molecular formula is C14H14O4S. The molecule has 0 radical (unpaired) electrons. The highest BCUT2D eigenvalue weighted by molar-refractivity contribution is 7.17. The van der Waals surface area contributed by atoms with Gasteiger partial charge in [0, 0.05) is 4.70 Å². The summed E-state index contributed by atoms with van der Waals surface area (Å²) in [5, 5.41) is 12.0. The van der Waals surface area contributed by atoms with Crippen molar-refractivity contribution < 1.29 is 19.4 Å². The molecule has 1 aromatic heterocycles. The number of ether oxygens (including phenoxy) is 1. The van der Waals surface area contributed by atoms with Crippen LogP contribution in [-0.2, 0) is 20.7 Å². The van der Waals surface area contributed by atoms with Gasteiger partial charge in [0.05, 0.1) is 6.61 Å². The van der Waals surface area contributed by atoms with Crippen molar-refractivity contribution in [3.8, 4) is 0 Å². The van der Waals surface area contributed by atoms with Gasteiger partial charge in [0.1, 0.15) is 0 Å². The van der Waals surface area contributed by atoms with Crippen LogP contribution in [0.4, 0.5) is 0 Å². The molecule has 4 nitrogen and oxygen atoms in total. The van der Waals surface area contributed by atoms with E-state index < -0.39 is 17.9 Å². The minimum absolute atomic E-state index is 0.165. The summed E-state index contributed by atoms with van der Waals surface area (Å²) >= 11 is 1.55. The zero-order valence-corrected chi connectivity index (χ0v) is 11.3. The van der Waals surface area contributed by atoms with Crippen molar-refractivity contribution in [2.24, 2.45) is 5.92 Å². The second kappa shape index (κ2) is 5.84. The number of carboxylic acid groups (broad SMARTS) is 1. The van der Waals surface area contributed by atoms with E-state index in [2.05, 4.69) is 0 Å². The van der Waals surface area contributed by atoms with Crippen molar-refractivity contribution in [1.29, 1.82) is 0 Å². The van der Waals surface area contributed by atoms with Gasteiger partial charge in [-0.05, 0) is 35.7 Å². The number of hydrogen-bond donors (Lipinski definition) is 1. The van der Waals surface area contributed by atoms with Gasteiger partial charge in [-0.3, -0.25) is 9.59 Å². The van der Waals surface area contributed by atoms with Gasteiger partial charge in [0.25, 0.3) is 0 Å². The van der Waals surface area contributed by atoms with Crippen LogP contribution in [0, 0.1) is 5.92 Å². The van der Waals surface area contributed by atoms with Gasteiger partial charge < -0.3 is 9.84 Å². The summed E-state index contributed by atoms with van der Waals surface area (Å²) in [4.78, 5) is 22.8. The molecule has 2 rings (SSSR count). The predicted molar refractivity (Wildman–Crippen MR) is 73.3 cm³/mol. The number of carboxylic acids is 1. The Labute approximate surface area is 114 Å². The number of benzene rings is 1. The normalized spacial score (nSPS) is 12.3. The Balaban J connectivity index is 2.26. The van der Waals surface area contributed by atoms with Gasteiger partial charge >= 0.3 is 11.9 Å². The molecule has 0 aliphatic rings. The molecule has 0 aliphatic heterocycles. The molecular weight excluding hydrogens is 264 g/mol. The zero-order valence-electron chi connectivity index (χ0n) is 10.5. The van der Waals surface area contributed by atoms with Crippen LogP contribution in [0.2, 0.25) is 0 Å². The number of rotatable bonds is 5. The molecule has 1 N–H and O–H groups in total. The molecule has 0 saturated carbocycles. The van der Waals surface area contributed by atoms with Crippen LogP contribution in [0.1, 0.15) is 12.5 Å². The highest BCUT2D eigenvalue weighted by Crippen LogP contribution is 2.27.